The molecule has 21 heavy (non-hydrogen) atoms. The minimum Gasteiger partial charge on any atom is -0.393 e. The molecule has 1 aliphatic carbocycles. The summed E-state index contributed by atoms with van der Waals surface area (Å²) >= 11 is 6.25. The highest BCUT2D eigenvalue weighted by Gasteiger charge is 2.25. The Morgan fingerprint density at radius 3 is 2.57 bits per heavy atom. The Labute approximate surface area is 131 Å². The number of benzene rings is 1. The summed E-state index contributed by atoms with van der Waals surface area (Å²) in [5, 5.41) is 13.1. The van der Waals surface area contributed by atoms with Crippen molar-refractivity contribution in [3.8, 4) is 0 Å². The number of carbonyl (C=O) groups excluding carboxylic acids is 1. The Kier molecular flexibility index (Phi) is 5.62. The van der Waals surface area contributed by atoms with E-state index in [1.807, 2.05) is 31.1 Å². The molecule has 1 aromatic carbocycles. The molecule has 0 aliphatic heterocycles. The quantitative estimate of drug-likeness (QED) is 0.899. The highest BCUT2D eigenvalue weighted by Crippen LogP contribution is 2.27. The second kappa shape index (κ2) is 7.25. The summed E-state index contributed by atoms with van der Waals surface area (Å²) in [6.07, 6.45) is 2.67. The lowest BCUT2D eigenvalue weighted by Crippen LogP contribution is -2.28. The first-order chi connectivity index (χ1) is 9.95. The third-order valence-corrected chi connectivity index (χ3v) is 4.23. The van der Waals surface area contributed by atoms with E-state index in [0.717, 1.165) is 30.6 Å². The molecular weight excluding hydrogens is 288 g/mol. The number of nitrogens with one attached hydrogen (secondary N) is 1. The van der Waals surface area contributed by atoms with E-state index in [-0.39, 0.29) is 17.9 Å². The fraction of sp³-hybridized carbons (Fsp3) is 0.562. The fourth-order valence-electron chi connectivity index (χ4n) is 2.68. The van der Waals surface area contributed by atoms with Crippen LogP contribution in [0.1, 0.15) is 31.2 Å². The van der Waals surface area contributed by atoms with Gasteiger partial charge in [0, 0.05) is 23.2 Å². The molecule has 1 aromatic rings. The van der Waals surface area contributed by atoms with Gasteiger partial charge in [-0.15, -0.1) is 0 Å². The number of hydrogen-bond acceptors (Lipinski definition) is 3. The molecule has 1 fully saturated rings. The van der Waals surface area contributed by atoms with Gasteiger partial charge in [-0.1, -0.05) is 17.7 Å². The molecule has 0 saturated heterocycles. The van der Waals surface area contributed by atoms with Crippen LogP contribution < -0.4 is 5.32 Å². The lowest BCUT2D eigenvalue weighted by Gasteiger charge is -2.24. The number of nitrogens with zero attached hydrogens (tertiary/aromatic N) is 1. The third-order valence-electron chi connectivity index (χ3n) is 3.87. The number of carbonyl (C=O) groups is 1. The second-order valence-corrected chi connectivity index (χ2v) is 6.45. The Morgan fingerprint density at radius 2 is 2.00 bits per heavy atom. The van der Waals surface area contributed by atoms with E-state index in [4.69, 9.17) is 11.6 Å². The molecule has 2 rings (SSSR count). The molecule has 0 aromatic heterocycles. The van der Waals surface area contributed by atoms with Crippen molar-refractivity contribution in [1.29, 1.82) is 0 Å². The Hall–Kier alpha value is -1.10. The Morgan fingerprint density at radius 1 is 1.33 bits per heavy atom. The first-order valence-corrected chi connectivity index (χ1v) is 7.75. The van der Waals surface area contributed by atoms with E-state index >= 15 is 0 Å². The molecule has 1 saturated carbocycles. The van der Waals surface area contributed by atoms with Crippen LogP contribution in [0.15, 0.2) is 18.2 Å². The number of amides is 1. The zero-order chi connectivity index (χ0) is 15.4. The predicted molar refractivity (Wildman–Crippen MR) is 85.4 cm³/mol. The monoisotopic (exact) mass is 310 g/mol. The van der Waals surface area contributed by atoms with Crippen LogP contribution >= 0.6 is 11.6 Å². The van der Waals surface area contributed by atoms with Crippen molar-refractivity contribution in [3.63, 3.8) is 0 Å². The van der Waals surface area contributed by atoms with Gasteiger partial charge < -0.3 is 15.3 Å². The fourth-order valence-corrected chi connectivity index (χ4v) is 2.92. The predicted octanol–water partition coefficient (Wildman–Crippen LogP) is 2.89. The van der Waals surface area contributed by atoms with Crippen molar-refractivity contribution >= 4 is 23.2 Å². The number of halogens is 1. The molecule has 1 amide bonds. The lowest BCUT2D eigenvalue weighted by atomic mass is 9.87. The largest absolute Gasteiger partial charge is 0.393 e. The summed E-state index contributed by atoms with van der Waals surface area (Å²) in [6, 6.07) is 5.64. The Balaban J connectivity index is 1.96. The minimum absolute atomic E-state index is 0.00590. The second-order valence-electron chi connectivity index (χ2n) is 6.04. The standard InChI is InChI=1S/C16H23ClN2O2/c1-19(2)10-12-3-6-13(9-15(12)17)18-16(21)11-4-7-14(20)8-5-11/h3,6,9,11,14,20H,4-5,7-8,10H2,1-2H3,(H,18,21). The van der Waals surface area contributed by atoms with Crippen LogP contribution in [-0.2, 0) is 11.3 Å². The van der Waals surface area contributed by atoms with Crippen molar-refractivity contribution in [2.45, 2.75) is 38.3 Å². The molecule has 0 bridgehead atoms. The molecule has 0 radical (unpaired) electrons. The van der Waals surface area contributed by atoms with Gasteiger partial charge in [0.15, 0.2) is 0 Å². The van der Waals surface area contributed by atoms with Crippen molar-refractivity contribution in [2.24, 2.45) is 5.92 Å². The van der Waals surface area contributed by atoms with Gasteiger partial charge >= 0.3 is 0 Å². The maximum atomic E-state index is 12.2. The topological polar surface area (TPSA) is 52.6 Å². The highest BCUT2D eigenvalue weighted by atomic mass is 35.5. The number of aliphatic hydroxyl groups is 1. The third kappa shape index (κ3) is 4.70. The SMILES string of the molecule is CN(C)Cc1ccc(NC(=O)C2CCC(O)CC2)cc1Cl. The van der Waals surface area contributed by atoms with E-state index in [0.29, 0.717) is 17.9 Å². The first-order valence-electron chi connectivity index (χ1n) is 7.38. The smallest absolute Gasteiger partial charge is 0.227 e. The number of anilines is 1. The minimum atomic E-state index is -0.242. The summed E-state index contributed by atoms with van der Waals surface area (Å²) in [5.41, 5.74) is 1.78. The van der Waals surface area contributed by atoms with E-state index in [2.05, 4.69) is 5.32 Å². The van der Waals surface area contributed by atoms with Gasteiger partial charge in [0.2, 0.25) is 5.91 Å². The van der Waals surface area contributed by atoms with Gasteiger partial charge in [-0.2, -0.15) is 0 Å². The summed E-state index contributed by atoms with van der Waals surface area (Å²) in [5.74, 6) is 0.0203. The summed E-state index contributed by atoms with van der Waals surface area (Å²) in [7, 11) is 3.98. The summed E-state index contributed by atoms with van der Waals surface area (Å²) in [4.78, 5) is 14.3. The van der Waals surface area contributed by atoms with Crippen LogP contribution in [0.2, 0.25) is 5.02 Å². The van der Waals surface area contributed by atoms with Crippen LogP contribution in [0.3, 0.4) is 0 Å². The number of aliphatic hydroxyl groups excluding tert-OH is 1. The summed E-state index contributed by atoms with van der Waals surface area (Å²) < 4.78 is 0. The molecular formula is C16H23ClN2O2. The van der Waals surface area contributed by atoms with Gasteiger partial charge in [-0.3, -0.25) is 4.79 Å². The van der Waals surface area contributed by atoms with E-state index < -0.39 is 0 Å². The van der Waals surface area contributed by atoms with E-state index in [9.17, 15) is 9.90 Å². The maximum absolute atomic E-state index is 12.2. The lowest BCUT2D eigenvalue weighted by molar-refractivity contribution is -0.121. The molecule has 0 unspecified atom stereocenters. The molecule has 4 nitrogen and oxygen atoms in total. The van der Waals surface area contributed by atoms with Crippen LogP contribution in [-0.4, -0.2) is 36.1 Å². The van der Waals surface area contributed by atoms with Crippen molar-refractivity contribution in [1.82, 2.24) is 4.90 Å². The number of hydrogen-bond donors (Lipinski definition) is 2. The van der Waals surface area contributed by atoms with Gasteiger partial charge in [0.05, 0.1) is 6.10 Å². The van der Waals surface area contributed by atoms with Gasteiger partial charge in [-0.25, -0.2) is 0 Å². The molecule has 5 heteroatoms. The van der Waals surface area contributed by atoms with Crippen LogP contribution in [0.5, 0.6) is 0 Å². The molecule has 0 atom stereocenters. The van der Waals surface area contributed by atoms with Crippen molar-refractivity contribution in [2.75, 3.05) is 19.4 Å². The van der Waals surface area contributed by atoms with Crippen molar-refractivity contribution < 1.29 is 9.90 Å². The zero-order valence-electron chi connectivity index (χ0n) is 12.6. The molecule has 0 heterocycles. The van der Waals surface area contributed by atoms with Gasteiger partial charge in [0.1, 0.15) is 0 Å². The molecule has 0 spiro atoms. The normalized spacial score (nSPS) is 22.3. The number of rotatable bonds is 4. The van der Waals surface area contributed by atoms with Gasteiger partial charge in [0.25, 0.3) is 0 Å². The molecule has 2 N–H and O–H groups in total. The maximum Gasteiger partial charge on any atom is 0.227 e. The molecule has 1 aliphatic rings. The molecule has 116 valence electrons. The summed E-state index contributed by atoms with van der Waals surface area (Å²) in [6.45, 7) is 0.771. The zero-order valence-corrected chi connectivity index (χ0v) is 13.4. The van der Waals surface area contributed by atoms with Crippen LogP contribution in [0, 0.1) is 5.92 Å². The Bertz CT molecular complexity index is 497. The van der Waals surface area contributed by atoms with Crippen molar-refractivity contribution in [3.05, 3.63) is 28.8 Å². The first kappa shape index (κ1) is 16.3. The average Bonchev–Trinajstić information content (AvgIpc) is 2.42. The van der Waals surface area contributed by atoms with E-state index in [1.54, 1.807) is 6.07 Å². The van der Waals surface area contributed by atoms with E-state index in [1.165, 1.54) is 0 Å². The average molecular weight is 311 g/mol. The van der Waals surface area contributed by atoms with Gasteiger partial charge in [-0.05, 0) is 57.5 Å². The van der Waals surface area contributed by atoms with Crippen LogP contribution in [0.4, 0.5) is 5.69 Å². The highest BCUT2D eigenvalue weighted by molar-refractivity contribution is 6.31. The van der Waals surface area contributed by atoms with Crippen LogP contribution in [0.25, 0.3) is 0 Å².